The van der Waals surface area contributed by atoms with Crippen LogP contribution in [0.25, 0.3) is 0 Å². The van der Waals surface area contributed by atoms with Crippen LogP contribution in [-0.2, 0) is 9.53 Å². The average molecular weight is 233 g/mol. The van der Waals surface area contributed by atoms with Crippen molar-refractivity contribution >= 4 is 5.91 Å². The Labute approximate surface area is 100 Å². The highest BCUT2D eigenvalue weighted by atomic mass is 16.5. The summed E-state index contributed by atoms with van der Waals surface area (Å²) in [5.74, 6) is -0.608. The number of rotatable bonds is 6. The molecule has 0 aliphatic carbocycles. The Bertz CT molecular complexity index is 386. The molecule has 0 radical (unpaired) electrons. The fraction of sp³-hybridized carbons (Fsp3) is 0.417. The molecule has 0 saturated heterocycles. The molecule has 1 N–H and O–H groups in total. The van der Waals surface area contributed by atoms with E-state index in [2.05, 4.69) is 16.4 Å². The van der Waals surface area contributed by atoms with Gasteiger partial charge >= 0.3 is 0 Å². The molecule has 1 rings (SSSR count). The summed E-state index contributed by atoms with van der Waals surface area (Å²) in [7, 11) is 1.57. The Morgan fingerprint density at radius 1 is 1.71 bits per heavy atom. The average Bonchev–Trinajstić information content (AvgIpc) is 2.37. The molecule has 0 aliphatic rings. The summed E-state index contributed by atoms with van der Waals surface area (Å²) in [5, 5.41) is 11.7. The van der Waals surface area contributed by atoms with Crippen LogP contribution >= 0.6 is 0 Å². The van der Waals surface area contributed by atoms with Crippen molar-refractivity contribution in [1.29, 1.82) is 5.26 Å². The van der Waals surface area contributed by atoms with Crippen molar-refractivity contribution in [2.75, 3.05) is 20.3 Å². The van der Waals surface area contributed by atoms with Crippen LogP contribution in [0.2, 0.25) is 0 Å². The number of carbonyl (C=O) groups is 1. The first kappa shape index (κ1) is 13.1. The molecule has 5 nitrogen and oxygen atoms in total. The van der Waals surface area contributed by atoms with Crippen molar-refractivity contribution in [2.24, 2.45) is 0 Å². The standard InChI is InChI=1S/C12H15N3O2/c1-17-6-5-15-12(16)7-11(8-13)10-3-2-4-14-9-10/h2-4,9,11H,5-7H2,1H3,(H,15,16). The molecular weight excluding hydrogens is 218 g/mol. The molecular formula is C12H15N3O2. The van der Waals surface area contributed by atoms with Gasteiger partial charge in [-0.15, -0.1) is 0 Å². The fourth-order valence-corrected chi connectivity index (χ4v) is 1.37. The van der Waals surface area contributed by atoms with Crippen LogP contribution in [0.1, 0.15) is 17.9 Å². The van der Waals surface area contributed by atoms with Gasteiger partial charge in [-0.05, 0) is 11.6 Å². The van der Waals surface area contributed by atoms with Gasteiger partial charge < -0.3 is 10.1 Å². The van der Waals surface area contributed by atoms with E-state index in [9.17, 15) is 4.79 Å². The van der Waals surface area contributed by atoms with Gasteiger partial charge in [0.2, 0.25) is 5.91 Å². The lowest BCUT2D eigenvalue weighted by Crippen LogP contribution is -2.28. The van der Waals surface area contributed by atoms with Crippen LogP contribution in [-0.4, -0.2) is 31.2 Å². The van der Waals surface area contributed by atoms with E-state index in [1.54, 1.807) is 31.6 Å². The summed E-state index contributed by atoms with van der Waals surface area (Å²) in [6.07, 6.45) is 3.39. The quantitative estimate of drug-likeness (QED) is 0.739. The van der Waals surface area contributed by atoms with Crippen LogP contribution in [0.3, 0.4) is 0 Å². The zero-order valence-corrected chi connectivity index (χ0v) is 9.72. The maximum Gasteiger partial charge on any atom is 0.221 e. The molecule has 1 aromatic rings. The van der Waals surface area contributed by atoms with Gasteiger partial charge in [-0.1, -0.05) is 6.07 Å². The lowest BCUT2D eigenvalue weighted by Gasteiger charge is -2.09. The van der Waals surface area contributed by atoms with E-state index in [1.165, 1.54) is 0 Å². The number of carbonyl (C=O) groups excluding carboxylic acids is 1. The molecule has 17 heavy (non-hydrogen) atoms. The molecule has 0 saturated carbocycles. The van der Waals surface area contributed by atoms with Crippen molar-refractivity contribution in [3.63, 3.8) is 0 Å². The number of amides is 1. The molecule has 5 heteroatoms. The topological polar surface area (TPSA) is 75.0 Å². The number of pyridine rings is 1. The van der Waals surface area contributed by atoms with Gasteiger partial charge in [-0.3, -0.25) is 9.78 Å². The summed E-state index contributed by atoms with van der Waals surface area (Å²) in [5.41, 5.74) is 0.761. The summed E-state index contributed by atoms with van der Waals surface area (Å²) in [4.78, 5) is 15.5. The van der Waals surface area contributed by atoms with Crippen molar-refractivity contribution in [2.45, 2.75) is 12.3 Å². The highest BCUT2D eigenvalue weighted by Crippen LogP contribution is 2.17. The fourth-order valence-electron chi connectivity index (χ4n) is 1.37. The number of nitrogens with one attached hydrogen (secondary N) is 1. The first-order chi connectivity index (χ1) is 8.27. The van der Waals surface area contributed by atoms with Crippen LogP contribution in [0.5, 0.6) is 0 Å². The minimum absolute atomic E-state index is 0.145. The zero-order valence-electron chi connectivity index (χ0n) is 9.72. The third-order valence-electron chi connectivity index (χ3n) is 2.26. The molecule has 1 atom stereocenters. The monoisotopic (exact) mass is 233 g/mol. The number of hydrogen-bond donors (Lipinski definition) is 1. The van der Waals surface area contributed by atoms with Crippen LogP contribution < -0.4 is 5.32 Å². The van der Waals surface area contributed by atoms with Crippen LogP contribution in [0.15, 0.2) is 24.5 Å². The van der Waals surface area contributed by atoms with Crippen molar-refractivity contribution < 1.29 is 9.53 Å². The molecule has 1 amide bonds. The molecule has 0 aliphatic heterocycles. The molecule has 0 aromatic carbocycles. The number of nitrogens with zero attached hydrogens (tertiary/aromatic N) is 2. The van der Waals surface area contributed by atoms with Gasteiger partial charge in [0.1, 0.15) is 0 Å². The first-order valence-electron chi connectivity index (χ1n) is 5.33. The van der Waals surface area contributed by atoms with E-state index >= 15 is 0 Å². The summed E-state index contributed by atoms with van der Waals surface area (Å²) in [6.45, 7) is 0.927. The normalized spacial score (nSPS) is 11.5. The van der Waals surface area contributed by atoms with E-state index in [-0.39, 0.29) is 12.3 Å². The molecule has 1 aromatic heterocycles. The number of methoxy groups -OCH3 is 1. The second-order valence-electron chi connectivity index (χ2n) is 3.51. The minimum atomic E-state index is -0.453. The maximum absolute atomic E-state index is 11.5. The van der Waals surface area contributed by atoms with Gasteiger partial charge in [-0.25, -0.2) is 0 Å². The molecule has 0 spiro atoms. The zero-order chi connectivity index (χ0) is 12.5. The first-order valence-corrected chi connectivity index (χ1v) is 5.33. The van der Waals surface area contributed by atoms with E-state index in [1.807, 2.05) is 0 Å². The molecule has 1 heterocycles. The van der Waals surface area contributed by atoms with E-state index < -0.39 is 5.92 Å². The SMILES string of the molecule is COCCNC(=O)CC(C#N)c1cccnc1. The molecule has 0 bridgehead atoms. The number of nitriles is 1. The van der Waals surface area contributed by atoms with Crippen LogP contribution in [0.4, 0.5) is 0 Å². The van der Waals surface area contributed by atoms with Crippen molar-refractivity contribution in [3.05, 3.63) is 30.1 Å². The number of hydrogen-bond acceptors (Lipinski definition) is 4. The Balaban J connectivity index is 2.48. The maximum atomic E-state index is 11.5. The molecule has 1 unspecified atom stereocenters. The Hall–Kier alpha value is -1.93. The lowest BCUT2D eigenvalue weighted by molar-refractivity contribution is -0.121. The van der Waals surface area contributed by atoms with Crippen molar-refractivity contribution in [1.82, 2.24) is 10.3 Å². The smallest absolute Gasteiger partial charge is 0.221 e. The molecule has 90 valence electrons. The highest BCUT2D eigenvalue weighted by molar-refractivity contribution is 5.77. The second-order valence-corrected chi connectivity index (χ2v) is 3.51. The Morgan fingerprint density at radius 2 is 2.53 bits per heavy atom. The van der Waals surface area contributed by atoms with E-state index in [0.29, 0.717) is 13.2 Å². The Morgan fingerprint density at radius 3 is 3.12 bits per heavy atom. The van der Waals surface area contributed by atoms with E-state index in [0.717, 1.165) is 5.56 Å². The predicted octanol–water partition coefficient (Wildman–Crippen LogP) is 0.841. The van der Waals surface area contributed by atoms with Gasteiger partial charge in [0.15, 0.2) is 0 Å². The Kier molecular flexibility index (Phi) is 5.69. The molecule has 0 fully saturated rings. The second kappa shape index (κ2) is 7.36. The largest absolute Gasteiger partial charge is 0.383 e. The predicted molar refractivity (Wildman–Crippen MR) is 62.1 cm³/mol. The van der Waals surface area contributed by atoms with Crippen molar-refractivity contribution in [3.8, 4) is 6.07 Å². The summed E-state index contributed by atoms with van der Waals surface area (Å²) >= 11 is 0. The van der Waals surface area contributed by atoms with Crippen LogP contribution in [0, 0.1) is 11.3 Å². The van der Waals surface area contributed by atoms with Gasteiger partial charge in [0.05, 0.1) is 18.6 Å². The van der Waals surface area contributed by atoms with Gasteiger partial charge in [0, 0.05) is 32.5 Å². The van der Waals surface area contributed by atoms with Gasteiger partial charge in [0.25, 0.3) is 0 Å². The minimum Gasteiger partial charge on any atom is -0.383 e. The van der Waals surface area contributed by atoms with Gasteiger partial charge in [-0.2, -0.15) is 5.26 Å². The third-order valence-corrected chi connectivity index (χ3v) is 2.26. The highest BCUT2D eigenvalue weighted by Gasteiger charge is 2.15. The third kappa shape index (κ3) is 4.62. The van der Waals surface area contributed by atoms with E-state index in [4.69, 9.17) is 10.00 Å². The number of ether oxygens (including phenoxy) is 1. The lowest BCUT2D eigenvalue weighted by atomic mass is 9.99. The number of aromatic nitrogens is 1. The summed E-state index contributed by atoms with van der Waals surface area (Å²) < 4.78 is 4.82. The summed E-state index contributed by atoms with van der Waals surface area (Å²) in [6, 6.07) is 5.66.